The second kappa shape index (κ2) is 17.2. The molecule has 0 heterocycles. The Labute approximate surface area is 138 Å². The largest absolute Gasteiger partial charge is 0.830 e. The maximum absolute atomic E-state index is 8.98. The molecule has 0 saturated carbocycles. The first-order valence-electron chi connectivity index (χ1n) is 9.01. The van der Waals surface area contributed by atoms with E-state index in [1.807, 2.05) is 0 Å². The van der Waals surface area contributed by atoms with Crippen LogP contribution in [0.3, 0.4) is 0 Å². The minimum Gasteiger partial charge on any atom is -0.830 e. The van der Waals surface area contributed by atoms with E-state index in [1.54, 1.807) is 0 Å². The summed E-state index contributed by atoms with van der Waals surface area (Å²) >= 11 is 0. The van der Waals surface area contributed by atoms with E-state index in [-0.39, 0.29) is 0 Å². The SMILES string of the molecule is CCCC[N+](CCCC)(CCCC)CCCC.[O-]B(O)OO. The summed E-state index contributed by atoms with van der Waals surface area (Å²) in [5, 5.41) is 23.4. The number of hydrogen-bond acceptors (Lipinski definition) is 4. The minimum absolute atomic E-state index is 1.35. The molecule has 0 atom stereocenters. The van der Waals surface area contributed by atoms with E-state index >= 15 is 0 Å². The zero-order chi connectivity index (χ0) is 17.3. The molecule has 2 N–H and O–H groups in total. The van der Waals surface area contributed by atoms with Crippen LogP contribution in [-0.2, 0) is 4.81 Å². The first-order chi connectivity index (χ1) is 10.5. The molecule has 0 aromatic rings. The zero-order valence-electron chi connectivity index (χ0n) is 15.2. The molecule has 0 saturated heterocycles. The third-order valence-corrected chi connectivity index (χ3v) is 4.03. The molecule has 0 unspecified atom stereocenters. The number of nitrogens with zero attached hydrogens (tertiary/aromatic N) is 1. The van der Waals surface area contributed by atoms with E-state index < -0.39 is 7.32 Å². The predicted octanol–water partition coefficient (Wildman–Crippen LogP) is 2.82. The van der Waals surface area contributed by atoms with E-state index in [9.17, 15) is 0 Å². The third kappa shape index (κ3) is 14.8. The fraction of sp³-hybridized carbons (Fsp3) is 1.00. The van der Waals surface area contributed by atoms with Crippen molar-refractivity contribution in [1.82, 2.24) is 0 Å². The highest BCUT2D eigenvalue weighted by atomic mass is 17.1. The summed E-state index contributed by atoms with van der Waals surface area (Å²) in [6.07, 6.45) is 11.1. The van der Waals surface area contributed by atoms with Gasteiger partial charge in [-0.1, -0.05) is 53.4 Å². The Morgan fingerprint density at radius 1 is 0.773 bits per heavy atom. The van der Waals surface area contributed by atoms with Gasteiger partial charge in [0.1, 0.15) is 0 Å². The summed E-state index contributed by atoms with van der Waals surface area (Å²) in [6, 6.07) is 0. The van der Waals surface area contributed by atoms with E-state index in [4.69, 9.17) is 15.3 Å². The summed E-state index contributed by atoms with van der Waals surface area (Å²) in [7, 11) is -2.31. The topological polar surface area (TPSA) is 72.8 Å². The van der Waals surface area contributed by atoms with Crippen molar-refractivity contribution in [1.29, 1.82) is 0 Å². The Morgan fingerprint density at radius 3 is 1.14 bits per heavy atom. The van der Waals surface area contributed by atoms with Crippen molar-refractivity contribution < 1.29 is 24.6 Å². The second-order valence-electron chi connectivity index (χ2n) is 6.06. The predicted molar refractivity (Wildman–Crippen MR) is 91.0 cm³/mol. The van der Waals surface area contributed by atoms with Crippen LogP contribution in [0.15, 0.2) is 0 Å². The van der Waals surface area contributed by atoms with Gasteiger partial charge in [0.25, 0.3) is 0 Å². The Kier molecular flexibility index (Phi) is 18.9. The number of quaternary nitrogens is 1. The van der Waals surface area contributed by atoms with E-state index in [0.717, 1.165) is 0 Å². The molecule has 0 aliphatic heterocycles. The average molecular weight is 319 g/mol. The Morgan fingerprint density at radius 2 is 1.00 bits per heavy atom. The van der Waals surface area contributed by atoms with Crippen LogP contribution in [0.1, 0.15) is 79.1 Å². The van der Waals surface area contributed by atoms with Crippen LogP contribution in [0.2, 0.25) is 0 Å². The molecule has 5 nitrogen and oxygen atoms in total. The van der Waals surface area contributed by atoms with Crippen LogP contribution in [0.25, 0.3) is 0 Å². The lowest BCUT2D eigenvalue weighted by atomic mass is 10.1. The van der Waals surface area contributed by atoms with Crippen molar-refractivity contribution in [3.05, 3.63) is 0 Å². The number of hydrogen-bond donors (Lipinski definition) is 2. The molecule has 0 aromatic heterocycles. The lowest BCUT2D eigenvalue weighted by Gasteiger charge is -2.39. The summed E-state index contributed by atoms with van der Waals surface area (Å²) in [5.74, 6) is 0. The maximum Gasteiger partial charge on any atom is 0.386 e. The van der Waals surface area contributed by atoms with Gasteiger partial charge in [-0.3, -0.25) is 10.1 Å². The highest BCUT2D eigenvalue weighted by molar-refractivity contribution is 6.29. The van der Waals surface area contributed by atoms with Gasteiger partial charge in [0, 0.05) is 0 Å². The molecule has 0 aliphatic carbocycles. The molecule has 0 fully saturated rings. The molecule has 0 rings (SSSR count). The minimum atomic E-state index is -2.31. The van der Waals surface area contributed by atoms with Crippen molar-refractivity contribution in [2.24, 2.45) is 0 Å². The van der Waals surface area contributed by atoms with Crippen LogP contribution in [-0.4, -0.2) is 48.3 Å². The summed E-state index contributed by atoms with van der Waals surface area (Å²) in [4.78, 5) is 2.75. The number of unbranched alkanes of at least 4 members (excludes halogenated alkanes) is 4. The monoisotopic (exact) mass is 319 g/mol. The van der Waals surface area contributed by atoms with Crippen LogP contribution in [0.4, 0.5) is 0 Å². The van der Waals surface area contributed by atoms with Crippen LogP contribution in [0.5, 0.6) is 0 Å². The van der Waals surface area contributed by atoms with Gasteiger partial charge in [-0.25, -0.2) is 0 Å². The molecule has 22 heavy (non-hydrogen) atoms. The van der Waals surface area contributed by atoms with Crippen molar-refractivity contribution in [2.75, 3.05) is 26.2 Å². The molecule has 0 aliphatic rings. The Balaban J connectivity index is 0. The molecule has 0 aromatic carbocycles. The molecule has 0 radical (unpaired) electrons. The van der Waals surface area contributed by atoms with Gasteiger partial charge in [0.05, 0.1) is 26.2 Å². The quantitative estimate of drug-likeness (QED) is 0.237. The van der Waals surface area contributed by atoms with Crippen molar-refractivity contribution in [3.63, 3.8) is 0 Å². The lowest BCUT2D eigenvalue weighted by molar-refractivity contribution is -0.929. The first-order valence-corrected chi connectivity index (χ1v) is 9.01. The van der Waals surface area contributed by atoms with Crippen molar-refractivity contribution in [3.8, 4) is 0 Å². The van der Waals surface area contributed by atoms with Gasteiger partial charge in [-0.2, -0.15) is 0 Å². The van der Waals surface area contributed by atoms with Crippen LogP contribution < -0.4 is 5.02 Å². The van der Waals surface area contributed by atoms with Crippen LogP contribution >= 0.6 is 0 Å². The van der Waals surface area contributed by atoms with Gasteiger partial charge in [-0.15, -0.1) is 0 Å². The van der Waals surface area contributed by atoms with E-state index in [1.165, 1.54) is 82.0 Å². The molecular formula is C16H38BNO4. The highest BCUT2D eigenvalue weighted by Crippen LogP contribution is 2.16. The Hall–Kier alpha value is -0.135. The van der Waals surface area contributed by atoms with Crippen molar-refractivity contribution in [2.45, 2.75) is 79.1 Å². The lowest BCUT2D eigenvalue weighted by Crippen LogP contribution is -2.50. The number of rotatable bonds is 13. The second-order valence-corrected chi connectivity index (χ2v) is 6.06. The van der Waals surface area contributed by atoms with Gasteiger partial charge in [-0.05, 0) is 25.7 Å². The third-order valence-electron chi connectivity index (χ3n) is 4.03. The highest BCUT2D eigenvalue weighted by Gasteiger charge is 2.24. The van der Waals surface area contributed by atoms with Crippen LogP contribution in [0, 0.1) is 0 Å². The van der Waals surface area contributed by atoms with Gasteiger partial charge in [0.15, 0.2) is 0 Å². The summed E-state index contributed by atoms with van der Waals surface area (Å²) in [5.41, 5.74) is 0. The first kappa shape index (κ1) is 24.1. The molecular weight excluding hydrogens is 281 g/mol. The molecule has 0 bridgehead atoms. The average Bonchev–Trinajstić information content (AvgIpc) is 2.54. The summed E-state index contributed by atoms with van der Waals surface area (Å²) < 4.78 is 1.42. The fourth-order valence-electron chi connectivity index (χ4n) is 2.64. The van der Waals surface area contributed by atoms with E-state index in [2.05, 4.69) is 32.5 Å². The van der Waals surface area contributed by atoms with Gasteiger partial charge in [0.2, 0.25) is 0 Å². The zero-order valence-corrected chi connectivity index (χ0v) is 15.2. The van der Waals surface area contributed by atoms with Crippen molar-refractivity contribution >= 4 is 7.32 Å². The standard InChI is InChI=1S/C16H36N.BH2O4/c1-5-9-13-17(14-10-6-2,15-11-7-3)16-12-8-4;2-1(3)5-4/h5-16H2,1-4H3;2,4H/q+1;-1. The Bertz CT molecular complexity index is 181. The van der Waals surface area contributed by atoms with Gasteiger partial charge >= 0.3 is 7.32 Å². The normalized spacial score (nSPS) is 11.0. The molecule has 0 spiro atoms. The fourth-order valence-corrected chi connectivity index (χ4v) is 2.64. The molecule has 0 amide bonds. The van der Waals surface area contributed by atoms with Gasteiger partial charge < -0.3 is 14.5 Å². The maximum atomic E-state index is 8.98. The molecule has 6 heteroatoms. The smallest absolute Gasteiger partial charge is 0.386 e. The van der Waals surface area contributed by atoms with E-state index in [0.29, 0.717) is 0 Å². The molecule has 134 valence electrons. The summed E-state index contributed by atoms with van der Waals surface area (Å²) in [6.45, 7) is 15.0.